The molecule has 3 heterocycles. The number of pyridine rings is 1. The molecule has 0 aliphatic carbocycles. The first kappa shape index (κ1) is 19.3. The lowest BCUT2D eigenvalue weighted by Gasteiger charge is -2.32. The first-order valence-electron chi connectivity index (χ1n) is 9.23. The minimum Gasteiger partial charge on any atom is -0.386 e. The van der Waals surface area contributed by atoms with Crippen molar-refractivity contribution in [3.05, 3.63) is 65.7 Å². The third-order valence-electron chi connectivity index (χ3n) is 6.14. The number of aryl methyl sites for hydroxylation is 1. The molecule has 0 saturated carbocycles. The third-order valence-corrected chi connectivity index (χ3v) is 6.14. The molecule has 26 heavy (non-hydrogen) atoms. The highest BCUT2D eigenvalue weighted by atomic mass is 35.5. The maximum Gasteiger partial charge on any atom is 0.141 e. The van der Waals surface area contributed by atoms with Crippen LogP contribution in [-0.4, -0.2) is 21.2 Å². The summed E-state index contributed by atoms with van der Waals surface area (Å²) in [5.41, 5.74) is 1.78. The van der Waals surface area contributed by atoms with Crippen LogP contribution in [0.25, 0.3) is 0 Å². The Morgan fingerprint density at radius 2 is 1.85 bits per heavy atom. The molecule has 3 nitrogen and oxygen atoms in total. The van der Waals surface area contributed by atoms with Gasteiger partial charge in [0.15, 0.2) is 0 Å². The first-order valence-corrected chi connectivity index (χ1v) is 9.23. The van der Waals surface area contributed by atoms with Gasteiger partial charge >= 0.3 is 0 Å². The third kappa shape index (κ3) is 3.64. The quantitative estimate of drug-likeness (QED) is 0.787. The van der Waals surface area contributed by atoms with Gasteiger partial charge in [-0.05, 0) is 56.6 Å². The fourth-order valence-electron chi connectivity index (χ4n) is 4.78. The summed E-state index contributed by atoms with van der Waals surface area (Å²) in [6, 6.07) is 12.0. The van der Waals surface area contributed by atoms with Crippen LogP contribution in [0.5, 0.6) is 0 Å². The molecule has 5 heteroatoms. The Morgan fingerprint density at radius 3 is 2.54 bits per heavy atom. The van der Waals surface area contributed by atoms with Gasteiger partial charge in [-0.15, -0.1) is 12.4 Å². The molecular weight excluding hydrogens is 351 g/mol. The SMILES string of the molecule is Cl.O[C@H](c1cncc(F)c1)C12CCC(CCCc3ccccc3)(CC1)N2. The van der Waals surface area contributed by atoms with Crippen molar-refractivity contribution in [1.82, 2.24) is 10.3 Å². The van der Waals surface area contributed by atoms with E-state index in [0.29, 0.717) is 5.56 Å². The Labute approximate surface area is 160 Å². The van der Waals surface area contributed by atoms with Crippen LogP contribution in [0.3, 0.4) is 0 Å². The van der Waals surface area contributed by atoms with Crippen molar-refractivity contribution in [2.24, 2.45) is 0 Å². The average Bonchev–Trinajstić information content (AvgIpc) is 3.19. The van der Waals surface area contributed by atoms with Crippen molar-refractivity contribution in [2.45, 2.75) is 62.1 Å². The first-order chi connectivity index (χ1) is 12.1. The van der Waals surface area contributed by atoms with Gasteiger partial charge in [-0.25, -0.2) is 4.39 Å². The van der Waals surface area contributed by atoms with Crippen LogP contribution in [0, 0.1) is 5.82 Å². The predicted molar refractivity (Wildman–Crippen MR) is 103 cm³/mol. The van der Waals surface area contributed by atoms with Crippen molar-refractivity contribution in [3.63, 3.8) is 0 Å². The number of fused-ring (bicyclic) bond motifs is 2. The second-order valence-electron chi connectivity index (χ2n) is 7.74. The van der Waals surface area contributed by atoms with Crippen LogP contribution in [0.2, 0.25) is 0 Å². The monoisotopic (exact) mass is 376 g/mol. The van der Waals surface area contributed by atoms with Gasteiger partial charge in [-0.3, -0.25) is 4.98 Å². The fraction of sp³-hybridized carbons (Fsp3) is 0.476. The standard InChI is InChI=1S/C21H25FN2O.ClH/c22-18-13-17(14-23-15-18)19(25)21-11-9-20(24-21,10-12-21)8-4-7-16-5-2-1-3-6-16;/h1-3,5-6,13-15,19,24-25H,4,7-12H2;1H/t19-,20?,21?;/m1./s1. The molecule has 2 saturated heterocycles. The number of hydrogen-bond donors (Lipinski definition) is 2. The largest absolute Gasteiger partial charge is 0.386 e. The summed E-state index contributed by atoms with van der Waals surface area (Å²) in [4.78, 5) is 3.89. The fourth-order valence-corrected chi connectivity index (χ4v) is 4.78. The number of aliphatic hydroxyl groups is 1. The highest BCUT2D eigenvalue weighted by molar-refractivity contribution is 5.85. The molecule has 2 N–H and O–H groups in total. The Kier molecular flexibility index (Phi) is 5.66. The molecule has 0 amide bonds. The van der Waals surface area contributed by atoms with E-state index in [1.807, 2.05) is 0 Å². The zero-order valence-corrected chi connectivity index (χ0v) is 15.6. The lowest BCUT2D eigenvalue weighted by Crippen LogP contribution is -2.46. The highest BCUT2D eigenvalue weighted by Gasteiger charge is 2.56. The smallest absolute Gasteiger partial charge is 0.141 e. The molecule has 2 aliphatic rings. The lowest BCUT2D eigenvalue weighted by atomic mass is 9.76. The van der Waals surface area contributed by atoms with Crippen LogP contribution in [0.15, 0.2) is 48.8 Å². The number of hydrogen-bond acceptors (Lipinski definition) is 3. The number of aliphatic hydroxyl groups excluding tert-OH is 1. The van der Waals surface area contributed by atoms with Gasteiger partial charge in [0.05, 0.1) is 12.3 Å². The van der Waals surface area contributed by atoms with Crippen LogP contribution < -0.4 is 5.32 Å². The number of benzene rings is 1. The molecule has 0 radical (unpaired) electrons. The van der Waals surface area contributed by atoms with E-state index in [0.717, 1.165) is 44.9 Å². The second-order valence-corrected chi connectivity index (χ2v) is 7.74. The molecule has 2 aromatic rings. The van der Waals surface area contributed by atoms with E-state index in [1.54, 1.807) is 6.20 Å². The zero-order valence-electron chi connectivity index (χ0n) is 14.8. The number of rotatable bonds is 6. The molecule has 1 aromatic heterocycles. The molecule has 0 spiro atoms. The van der Waals surface area contributed by atoms with Crippen molar-refractivity contribution >= 4 is 12.4 Å². The number of aromatic nitrogens is 1. The van der Waals surface area contributed by atoms with Gasteiger partial charge in [0.1, 0.15) is 5.82 Å². The van der Waals surface area contributed by atoms with Gasteiger partial charge < -0.3 is 10.4 Å². The van der Waals surface area contributed by atoms with Crippen molar-refractivity contribution in [3.8, 4) is 0 Å². The zero-order chi connectivity index (χ0) is 17.3. The molecule has 2 aliphatic heterocycles. The lowest BCUT2D eigenvalue weighted by molar-refractivity contribution is 0.0730. The average molecular weight is 377 g/mol. The minimum atomic E-state index is -0.700. The number of nitrogens with one attached hydrogen (secondary N) is 1. The molecule has 2 bridgehead atoms. The van der Waals surface area contributed by atoms with E-state index in [4.69, 9.17) is 0 Å². The van der Waals surface area contributed by atoms with E-state index < -0.39 is 11.9 Å². The Balaban J connectivity index is 0.00000196. The van der Waals surface area contributed by atoms with E-state index in [2.05, 4.69) is 40.6 Å². The normalized spacial score (nSPS) is 27.9. The van der Waals surface area contributed by atoms with Crippen LogP contribution in [0.1, 0.15) is 55.8 Å². The Hall–Kier alpha value is -1.49. The van der Waals surface area contributed by atoms with Crippen molar-refractivity contribution in [1.29, 1.82) is 0 Å². The van der Waals surface area contributed by atoms with E-state index in [1.165, 1.54) is 17.8 Å². The highest BCUT2D eigenvalue weighted by Crippen LogP contribution is 2.52. The summed E-state index contributed by atoms with van der Waals surface area (Å²) in [5, 5.41) is 14.6. The van der Waals surface area contributed by atoms with E-state index in [9.17, 15) is 9.50 Å². The molecule has 4 rings (SSSR count). The summed E-state index contributed by atoms with van der Waals surface area (Å²) in [6.45, 7) is 0. The predicted octanol–water partition coefficient (Wildman–Crippen LogP) is 4.35. The summed E-state index contributed by atoms with van der Waals surface area (Å²) in [6.07, 6.45) is 9.47. The second kappa shape index (κ2) is 7.63. The van der Waals surface area contributed by atoms with Gasteiger partial charge in [0.2, 0.25) is 0 Å². The van der Waals surface area contributed by atoms with Crippen molar-refractivity contribution in [2.75, 3.05) is 0 Å². The molecule has 1 aromatic carbocycles. The summed E-state index contributed by atoms with van der Waals surface area (Å²) >= 11 is 0. The maximum absolute atomic E-state index is 13.5. The van der Waals surface area contributed by atoms with Crippen LogP contribution >= 0.6 is 12.4 Å². The molecule has 140 valence electrons. The molecule has 0 unspecified atom stereocenters. The topological polar surface area (TPSA) is 45.2 Å². The van der Waals surface area contributed by atoms with Crippen LogP contribution in [0.4, 0.5) is 4.39 Å². The number of halogens is 2. The van der Waals surface area contributed by atoms with Gasteiger partial charge in [0, 0.05) is 22.8 Å². The van der Waals surface area contributed by atoms with E-state index >= 15 is 0 Å². The Bertz CT molecular complexity index is 732. The van der Waals surface area contributed by atoms with Gasteiger partial charge in [-0.1, -0.05) is 30.3 Å². The van der Waals surface area contributed by atoms with E-state index in [-0.39, 0.29) is 23.5 Å². The van der Waals surface area contributed by atoms with Gasteiger partial charge in [-0.2, -0.15) is 0 Å². The maximum atomic E-state index is 13.5. The molecule has 1 atom stereocenters. The van der Waals surface area contributed by atoms with Crippen molar-refractivity contribution < 1.29 is 9.50 Å². The van der Waals surface area contributed by atoms with Gasteiger partial charge in [0.25, 0.3) is 0 Å². The molecular formula is C21H26ClFN2O. The summed E-state index contributed by atoms with van der Waals surface area (Å²) in [7, 11) is 0. The summed E-state index contributed by atoms with van der Waals surface area (Å²) < 4.78 is 13.5. The minimum absolute atomic E-state index is 0. The number of nitrogens with zero attached hydrogens (tertiary/aromatic N) is 1. The summed E-state index contributed by atoms with van der Waals surface area (Å²) in [5.74, 6) is -0.391. The molecule has 2 fully saturated rings. The Morgan fingerprint density at radius 1 is 1.12 bits per heavy atom. The van der Waals surface area contributed by atoms with Crippen LogP contribution in [-0.2, 0) is 6.42 Å².